The highest BCUT2D eigenvalue weighted by Gasteiger charge is 2.12. The number of rotatable bonds is 6. The monoisotopic (exact) mass is 277 g/mol. The van der Waals surface area contributed by atoms with Crippen LogP contribution in [0.2, 0.25) is 0 Å². The second kappa shape index (κ2) is 6.27. The van der Waals surface area contributed by atoms with Crippen LogP contribution in [0.15, 0.2) is 28.9 Å². The molecule has 2 aromatic rings. The lowest BCUT2D eigenvalue weighted by molar-refractivity contribution is 0.0915. The predicted octanol–water partition coefficient (Wildman–Crippen LogP) is 2.39. The van der Waals surface area contributed by atoms with Crippen LogP contribution in [0.3, 0.4) is 0 Å². The van der Waals surface area contributed by atoms with Crippen molar-refractivity contribution in [3.8, 4) is 5.95 Å². The van der Waals surface area contributed by atoms with Gasteiger partial charge in [0.2, 0.25) is 0 Å². The molecule has 0 fully saturated rings. The van der Waals surface area contributed by atoms with Crippen LogP contribution in [0.1, 0.15) is 42.9 Å². The average molecular weight is 277 g/mol. The van der Waals surface area contributed by atoms with Crippen molar-refractivity contribution in [3.63, 3.8) is 0 Å². The summed E-state index contributed by atoms with van der Waals surface area (Å²) in [6.07, 6.45) is 3.66. The van der Waals surface area contributed by atoms with Gasteiger partial charge in [-0.3, -0.25) is 9.48 Å². The molecule has 1 amide bonds. The Balaban J connectivity index is 1.90. The lowest BCUT2D eigenvalue weighted by Gasteiger charge is -2.03. The van der Waals surface area contributed by atoms with E-state index in [1.807, 2.05) is 31.6 Å². The molecule has 108 valence electrons. The maximum absolute atomic E-state index is 11.9. The first-order valence-corrected chi connectivity index (χ1v) is 6.64. The highest BCUT2D eigenvalue weighted by atomic mass is 16.6. The lowest BCUT2D eigenvalue weighted by Crippen LogP contribution is -2.22. The molecule has 0 bridgehead atoms. The van der Waals surface area contributed by atoms with Gasteiger partial charge in [-0.1, -0.05) is 0 Å². The van der Waals surface area contributed by atoms with Crippen LogP contribution in [0.4, 0.5) is 0 Å². The van der Waals surface area contributed by atoms with Gasteiger partial charge in [0.15, 0.2) is 5.76 Å². The predicted molar refractivity (Wildman–Crippen MR) is 73.7 cm³/mol. The SMILES string of the molecule is CCOc1ccc(C(=O)NCc2cnn(C(C)C)c2)o1. The average Bonchev–Trinajstić information content (AvgIpc) is 3.05. The van der Waals surface area contributed by atoms with Crippen molar-refractivity contribution >= 4 is 5.91 Å². The standard InChI is InChI=1S/C14H19N3O3/c1-4-19-13-6-5-12(20-13)14(18)15-7-11-8-16-17(9-11)10(2)3/h5-6,8-10H,4,7H2,1-3H3,(H,15,18). The molecule has 20 heavy (non-hydrogen) atoms. The molecule has 6 nitrogen and oxygen atoms in total. The number of hydrogen-bond acceptors (Lipinski definition) is 4. The van der Waals surface area contributed by atoms with Gasteiger partial charge in [-0.25, -0.2) is 0 Å². The van der Waals surface area contributed by atoms with Crippen molar-refractivity contribution in [2.75, 3.05) is 6.61 Å². The Bertz CT molecular complexity index is 572. The number of nitrogens with zero attached hydrogens (tertiary/aromatic N) is 2. The topological polar surface area (TPSA) is 69.3 Å². The van der Waals surface area contributed by atoms with Gasteiger partial charge in [0.05, 0.1) is 12.8 Å². The molecule has 0 aliphatic rings. The molecule has 0 spiro atoms. The third-order valence-electron chi connectivity index (χ3n) is 2.73. The zero-order valence-corrected chi connectivity index (χ0v) is 11.9. The van der Waals surface area contributed by atoms with E-state index in [0.29, 0.717) is 25.1 Å². The molecular formula is C14H19N3O3. The summed E-state index contributed by atoms with van der Waals surface area (Å²) in [5.41, 5.74) is 0.948. The van der Waals surface area contributed by atoms with E-state index >= 15 is 0 Å². The van der Waals surface area contributed by atoms with Crippen molar-refractivity contribution in [2.45, 2.75) is 33.4 Å². The first kappa shape index (κ1) is 14.2. The normalized spacial score (nSPS) is 10.8. The quantitative estimate of drug-likeness (QED) is 0.880. The van der Waals surface area contributed by atoms with Crippen LogP contribution in [0, 0.1) is 0 Å². The van der Waals surface area contributed by atoms with Gasteiger partial charge in [-0.2, -0.15) is 5.10 Å². The Morgan fingerprint density at radius 2 is 2.30 bits per heavy atom. The molecule has 2 heterocycles. The zero-order valence-electron chi connectivity index (χ0n) is 11.9. The third-order valence-corrected chi connectivity index (χ3v) is 2.73. The number of amides is 1. The van der Waals surface area contributed by atoms with E-state index in [4.69, 9.17) is 9.15 Å². The summed E-state index contributed by atoms with van der Waals surface area (Å²) in [7, 11) is 0. The van der Waals surface area contributed by atoms with E-state index < -0.39 is 0 Å². The van der Waals surface area contributed by atoms with Crippen molar-refractivity contribution in [2.24, 2.45) is 0 Å². The summed E-state index contributed by atoms with van der Waals surface area (Å²) in [6.45, 7) is 6.87. The van der Waals surface area contributed by atoms with Crippen LogP contribution in [-0.2, 0) is 6.54 Å². The Labute approximate surface area is 117 Å². The van der Waals surface area contributed by atoms with Gasteiger partial charge in [-0.15, -0.1) is 0 Å². The van der Waals surface area contributed by atoms with E-state index in [0.717, 1.165) is 5.56 Å². The minimum Gasteiger partial charge on any atom is -0.465 e. The van der Waals surface area contributed by atoms with Gasteiger partial charge >= 0.3 is 0 Å². The maximum atomic E-state index is 11.9. The lowest BCUT2D eigenvalue weighted by atomic mass is 10.3. The second-order valence-electron chi connectivity index (χ2n) is 4.66. The van der Waals surface area contributed by atoms with Gasteiger partial charge in [0.25, 0.3) is 11.9 Å². The number of hydrogen-bond donors (Lipinski definition) is 1. The van der Waals surface area contributed by atoms with Crippen LogP contribution >= 0.6 is 0 Å². The Kier molecular flexibility index (Phi) is 4.45. The van der Waals surface area contributed by atoms with Gasteiger partial charge < -0.3 is 14.5 Å². The second-order valence-corrected chi connectivity index (χ2v) is 4.66. The van der Waals surface area contributed by atoms with Gasteiger partial charge in [-0.05, 0) is 26.8 Å². The van der Waals surface area contributed by atoms with Crippen LogP contribution in [0.25, 0.3) is 0 Å². The summed E-state index contributed by atoms with van der Waals surface area (Å²) in [6, 6.07) is 3.53. The highest BCUT2D eigenvalue weighted by molar-refractivity contribution is 5.91. The minimum absolute atomic E-state index is 0.240. The van der Waals surface area contributed by atoms with Crippen molar-refractivity contribution < 1.29 is 13.9 Å². The first-order chi connectivity index (χ1) is 9.60. The summed E-state index contributed by atoms with van der Waals surface area (Å²) in [5, 5.41) is 7.00. The van der Waals surface area contributed by atoms with Crippen molar-refractivity contribution in [3.05, 3.63) is 35.9 Å². The molecule has 0 aromatic carbocycles. The van der Waals surface area contributed by atoms with Crippen LogP contribution in [0.5, 0.6) is 5.95 Å². The Morgan fingerprint density at radius 3 is 2.95 bits per heavy atom. The molecule has 0 unspecified atom stereocenters. The van der Waals surface area contributed by atoms with Crippen LogP contribution in [-0.4, -0.2) is 22.3 Å². The fourth-order valence-electron chi connectivity index (χ4n) is 1.68. The molecule has 1 N–H and O–H groups in total. The molecule has 0 aliphatic heterocycles. The molecule has 2 aromatic heterocycles. The Morgan fingerprint density at radius 1 is 1.50 bits per heavy atom. The molecule has 0 radical (unpaired) electrons. The minimum atomic E-state index is -0.270. The highest BCUT2D eigenvalue weighted by Crippen LogP contribution is 2.15. The Hall–Kier alpha value is -2.24. The number of carbonyl (C=O) groups is 1. The molecule has 0 saturated heterocycles. The van der Waals surface area contributed by atoms with Gasteiger partial charge in [0.1, 0.15) is 0 Å². The largest absolute Gasteiger partial charge is 0.465 e. The number of ether oxygens (including phenoxy) is 1. The molecule has 2 rings (SSSR count). The number of carbonyl (C=O) groups excluding carboxylic acids is 1. The van der Waals surface area contributed by atoms with E-state index in [2.05, 4.69) is 10.4 Å². The fourth-order valence-corrected chi connectivity index (χ4v) is 1.68. The number of nitrogens with one attached hydrogen (secondary N) is 1. The van der Waals surface area contributed by atoms with E-state index in [1.54, 1.807) is 18.3 Å². The van der Waals surface area contributed by atoms with Crippen molar-refractivity contribution in [1.82, 2.24) is 15.1 Å². The fraction of sp³-hybridized carbons (Fsp3) is 0.429. The van der Waals surface area contributed by atoms with E-state index in [1.165, 1.54) is 0 Å². The molecule has 0 aliphatic carbocycles. The van der Waals surface area contributed by atoms with Crippen molar-refractivity contribution in [1.29, 1.82) is 0 Å². The molecule has 6 heteroatoms. The smallest absolute Gasteiger partial charge is 0.287 e. The summed E-state index contributed by atoms with van der Waals surface area (Å²) >= 11 is 0. The van der Waals surface area contributed by atoms with Crippen LogP contribution < -0.4 is 10.1 Å². The number of aromatic nitrogens is 2. The van der Waals surface area contributed by atoms with E-state index in [9.17, 15) is 4.79 Å². The summed E-state index contributed by atoms with van der Waals surface area (Å²) in [5.74, 6) is 0.322. The third kappa shape index (κ3) is 3.40. The summed E-state index contributed by atoms with van der Waals surface area (Å²) in [4.78, 5) is 11.9. The summed E-state index contributed by atoms with van der Waals surface area (Å²) < 4.78 is 12.3. The van der Waals surface area contributed by atoms with Gasteiger partial charge in [0, 0.05) is 30.4 Å². The molecule has 0 saturated carbocycles. The first-order valence-electron chi connectivity index (χ1n) is 6.64. The maximum Gasteiger partial charge on any atom is 0.287 e. The molecule has 0 atom stereocenters. The molecular weight excluding hydrogens is 258 g/mol. The zero-order chi connectivity index (χ0) is 14.5. The number of furan rings is 1. The van der Waals surface area contributed by atoms with E-state index in [-0.39, 0.29) is 11.7 Å².